The van der Waals surface area contributed by atoms with Gasteiger partial charge in [-0.25, -0.2) is 0 Å². The van der Waals surface area contributed by atoms with Crippen molar-refractivity contribution in [2.45, 2.75) is 58.3 Å². The summed E-state index contributed by atoms with van der Waals surface area (Å²) >= 11 is 3.45. The molecule has 0 fully saturated rings. The summed E-state index contributed by atoms with van der Waals surface area (Å²) in [4.78, 5) is 0. The summed E-state index contributed by atoms with van der Waals surface area (Å²) in [6, 6.07) is 0. The predicted molar refractivity (Wildman–Crippen MR) is 74.7 cm³/mol. The Hall–Kier alpha value is -0.0400. The Balaban J connectivity index is 3.13. The Bertz CT molecular complexity index is 159. The molecule has 0 nitrogen and oxygen atoms in total. The quantitative estimate of drug-likeness (QED) is 0.275. The molecule has 15 heavy (non-hydrogen) atoms. The van der Waals surface area contributed by atoms with E-state index in [2.05, 4.69) is 47.2 Å². The van der Waals surface area contributed by atoms with E-state index in [0.717, 1.165) is 5.33 Å². The number of allylic oxidation sites excluding steroid dienone is 4. The van der Waals surface area contributed by atoms with Crippen LogP contribution >= 0.6 is 15.9 Å². The van der Waals surface area contributed by atoms with Gasteiger partial charge in [0.2, 0.25) is 0 Å². The third-order valence-electron chi connectivity index (χ3n) is 2.36. The smallest absolute Gasteiger partial charge is 0.00313 e. The first-order valence-electron chi connectivity index (χ1n) is 6.29. The highest BCUT2D eigenvalue weighted by molar-refractivity contribution is 9.09. The van der Waals surface area contributed by atoms with E-state index in [1.165, 1.54) is 51.4 Å². The number of unbranched alkanes of at least 4 members (excludes halogenated alkanes) is 6. The zero-order chi connectivity index (χ0) is 11.2. The van der Waals surface area contributed by atoms with Gasteiger partial charge in [-0.05, 0) is 25.7 Å². The first-order valence-corrected chi connectivity index (χ1v) is 7.41. The molecule has 0 aliphatic carbocycles. The van der Waals surface area contributed by atoms with Gasteiger partial charge in [-0.1, -0.05) is 72.8 Å². The van der Waals surface area contributed by atoms with Crippen molar-refractivity contribution < 1.29 is 0 Å². The highest BCUT2D eigenvalue weighted by Gasteiger charge is 1.86. The normalized spacial score (nSPS) is 11.9. The van der Waals surface area contributed by atoms with Crippen LogP contribution in [0.2, 0.25) is 0 Å². The maximum Gasteiger partial charge on any atom is 0.00313 e. The van der Waals surface area contributed by atoms with Crippen molar-refractivity contribution in [1.82, 2.24) is 0 Å². The van der Waals surface area contributed by atoms with Crippen LogP contribution < -0.4 is 0 Å². The monoisotopic (exact) mass is 272 g/mol. The highest BCUT2D eigenvalue weighted by Crippen LogP contribution is 2.05. The summed E-state index contributed by atoms with van der Waals surface area (Å²) in [5.41, 5.74) is 0. The molecule has 0 aliphatic heterocycles. The molecule has 0 aromatic heterocycles. The second-order valence-corrected chi connectivity index (χ2v) is 4.68. The Kier molecular flexibility index (Phi) is 13.9. The van der Waals surface area contributed by atoms with E-state index in [4.69, 9.17) is 0 Å². The molecule has 0 heterocycles. The number of halogens is 1. The minimum absolute atomic E-state index is 1.16. The number of hydrogen-bond donors (Lipinski definition) is 0. The molecule has 0 saturated carbocycles. The van der Waals surface area contributed by atoms with Crippen LogP contribution in [0, 0.1) is 0 Å². The van der Waals surface area contributed by atoms with E-state index < -0.39 is 0 Å². The van der Waals surface area contributed by atoms with Gasteiger partial charge in [0.05, 0.1) is 0 Å². The number of hydrogen-bond acceptors (Lipinski definition) is 0. The molecule has 0 aromatic rings. The molecule has 0 aromatic carbocycles. The van der Waals surface area contributed by atoms with Gasteiger partial charge < -0.3 is 0 Å². The van der Waals surface area contributed by atoms with Gasteiger partial charge in [0, 0.05) is 5.33 Å². The molecule has 0 radical (unpaired) electrons. The maximum absolute atomic E-state index is 3.45. The SMILES string of the molecule is CCCC/C=C/C=C\CCCCCCBr. The predicted octanol–water partition coefficient (Wildman–Crippen LogP) is 5.63. The van der Waals surface area contributed by atoms with Gasteiger partial charge in [0.25, 0.3) is 0 Å². The molecule has 1 heteroatoms. The van der Waals surface area contributed by atoms with Crippen LogP contribution in [0.4, 0.5) is 0 Å². The summed E-state index contributed by atoms with van der Waals surface area (Å²) in [6.07, 6.45) is 19.4. The topological polar surface area (TPSA) is 0 Å². The van der Waals surface area contributed by atoms with Gasteiger partial charge >= 0.3 is 0 Å². The molecule has 0 spiro atoms. The highest BCUT2D eigenvalue weighted by atomic mass is 79.9. The molecule has 0 unspecified atom stereocenters. The lowest BCUT2D eigenvalue weighted by Gasteiger charge is -1.94. The minimum Gasteiger partial charge on any atom is -0.0928 e. The fraction of sp³-hybridized carbons (Fsp3) is 0.714. The third kappa shape index (κ3) is 14.0. The van der Waals surface area contributed by atoms with E-state index in [-0.39, 0.29) is 0 Å². The van der Waals surface area contributed by atoms with Crippen LogP contribution in [0.5, 0.6) is 0 Å². The molecular weight excluding hydrogens is 248 g/mol. The van der Waals surface area contributed by atoms with Crippen LogP contribution in [0.1, 0.15) is 58.3 Å². The van der Waals surface area contributed by atoms with Gasteiger partial charge in [0.1, 0.15) is 0 Å². The molecule has 0 saturated heterocycles. The first kappa shape index (κ1) is 15.0. The average molecular weight is 273 g/mol. The molecule has 0 atom stereocenters. The van der Waals surface area contributed by atoms with Gasteiger partial charge in [-0.2, -0.15) is 0 Å². The van der Waals surface area contributed by atoms with Crippen molar-refractivity contribution in [3.8, 4) is 0 Å². The Morgan fingerprint density at radius 2 is 1.40 bits per heavy atom. The second-order valence-electron chi connectivity index (χ2n) is 3.89. The number of rotatable bonds is 10. The average Bonchev–Trinajstić information content (AvgIpc) is 2.26. The third-order valence-corrected chi connectivity index (χ3v) is 2.92. The Labute approximate surface area is 104 Å². The van der Waals surface area contributed by atoms with E-state index in [9.17, 15) is 0 Å². The molecule has 0 N–H and O–H groups in total. The van der Waals surface area contributed by atoms with Crippen molar-refractivity contribution >= 4 is 15.9 Å². The Morgan fingerprint density at radius 3 is 2.00 bits per heavy atom. The minimum atomic E-state index is 1.16. The summed E-state index contributed by atoms with van der Waals surface area (Å²) in [5.74, 6) is 0. The summed E-state index contributed by atoms with van der Waals surface area (Å²) in [7, 11) is 0. The lowest BCUT2D eigenvalue weighted by Crippen LogP contribution is -1.77. The van der Waals surface area contributed by atoms with Crippen molar-refractivity contribution in [2.24, 2.45) is 0 Å². The largest absolute Gasteiger partial charge is 0.0928 e. The van der Waals surface area contributed by atoms with Crippen LogP contribution in [0.15, 0.2) is 24.3 Å². The summed E-state index contributed by atoms with van der Waals surface area (Å²) < 4.78 is 0. The van der Waals surface area contributed by atoms with E-state index in [1.807, 2.05) is 0 Å². The Morgan fingerprint density at radius 1 is 0.800 bits per heavy atom. The molecule has 0 aliphatic rings. The lowest BCUT2D eigenvalue weighted by molar-refractivity contribution is 0.679. The second kappa shape index (κ2) is 14.0. The first-order chi connectivity index (χ1) is 7.41. The molecule has 0 rings (SSSR count). The van der Waals surface area contributed by atoms with Crippen LogP contribution in [-0.4, -0.2) is 5.33 Å². The van der Waals surface area contributed by atoms with E-state index >= 15 is 0 Å². The van der Waals surface area contributed by atoms with Crippen molar-refractivity contribution in [2.75, 3.05) is 5.33 Å². The zero-order valence-corrected chi connectivity index (χ0v) is 11.6. The molecular formula is C14H25Br. The van der Waals surface area contributed by atoms with Crippen LogP contribution in [0.3, 0.4) is 0 Å². The maximum atomic E-state index is 3.45. The number of alkyl halides is 1. The molecule has 88 valence electrons. The zero-order valence-electron chi connectivity index (χ0n) is 10.1. The summed E-state index contributed by atoms with van der Waals surface area (Å²) in [6.45, 7) is 2.23. The van der Waals surface area contributed by atoms with Crippen molar-refractivity contribution in [3.63, 3.8) is 0 Å². The van der Waals surface area contributed by atoms with Crippen LogP contribution in [0.25, 0.3) is 0 Å². The van der Waals surface area contributed by atoms with Crippen LogP contribution in [-0.2, 0) is 0 Å². The standard InChI is InChI=1S/C14H25Br/c1-2-3-4-5-6-7-8-9-10-11-12-13-14-15/h5-8H,2-4,9-14H2,1H3/b6-5+,8-7-. The summed E-state index contributed by atoms with van der Waals surface area (Å²) in [5, 5.41) is 1.16. The van der Waals surface area contributed by atoms with Gasteiger partial charge in [0.15, 0.2) is 0 Å². The van der Waals surface area contributed by atoms with Gasteiger partial charge in [-0.15, -0.1) is 0 Å². The van der Waals surface area contributed by atoms with E-state index in [1.54, 1.807) is 0 Å². The molecule has 0 amide bonds. The molecule has 0 bridgehead atoms. The lowest BCUT2D eigenvalue weighted by atomic mass is 10.1. The van der Waals surface area contributed by atoms with Gasteiger partial charge in [-0.3, -0.25) is 0 Å². The van der Waals surface area contributed by atoms with Crippen molar-refractivity contribution in [1.29, 1.82) is 0 Å². The fourth-order valence-corrected chi connectivity index (χ4v) is 1.78. The fourth-order valence-electron chi connectivity index (χ4n) is 1.38. The van der Waals surface area contributed by atoms with Crippen molar-refractivity contribution in [3.05, 3.63) is 24.3 Å². The van der Waals surface area contributed by atoms with E-state index in [0.29, 0.717) is 0 Å².